The lowest BCUT2D eigenvalue weighted by Gasteiger charge is -2.24. The fourth-order valence-corrected chi connectivity index (χ4v) is 2.67. The normalized spacial score (nSPS) is 19.6. The van der Waals surface area contributed by atoms with Crippen molar-refractivity contribution in [1.82, 2.24) is 4.90 Å². The van der Waals surface area contributed by atoms with Crippen LogP contribution < -0.4 is 10.6 Å². The lowest BCUT2D eigenvalue weighted by atomic mass is 10.1. The summed E-state index contributed by atoms with van der Waals surface area (Å²) in [7, 11) is 4.27. The molecule has 0 radical (unpaired) electrons. The highest BCUT2D eigenvalue weighted by atomic mass is 32.1. The van der Waals surface area contributed by atoms with Crippen molar-refractivity contribution in [3.05, 3.63) is 29.3 Å². The summed E-state index contributed by atoms with van der Waals surface area (Å²) >= 11 is 5.17. The van der Waals surface area contributed by atoms with Crippen LogP contribution in [0.5, 0.6) is 0 Å². The van der Waals surface area contributed by atoms with Gasteiger partial charge in [0.15, 0.2) is 0 Å². The molecule has 0 aliphatic carbocycles. The third-order valence-corrected chi connectivity index (χ3v) is 3.87. The van der Waals surface area contributed by atoms with Gasteiger partial charge in [-0.05, 0) is 39.6 Å². The van der Waals surface area contributed by atoms with Gasteiger partial charge < -0.3 is 15.5 Å². The maximum atomic E-state index is 5.84. The average molecular weight is 263 g/mol. The van der Waals surface area contributed by atoms with Crippen LogP contribution in [0.15, 0.2) is 18.2 Å². The Morgan fingerprint density at radius 3 is 2.72 bits per heavy atom. The molecule has 0 spiro atoms. The largest absolute Gasteiger partial charge is 0.389 e. The van der Waals surface area contributed by atoms with Gasteiger partial charge in [-0.1, -0.05) is 23.8 Å². The zero-order chi connectivity index (χ0) is 13.3. The third-order valence-electron chi connectivity index (χ3n) is 3.65. The second-order valence-electron chi connectivity index (χ2n) is 5.24. The molecule has 0 bridgehead atoms. The van der Waals surface area contributed by atoms with Gasteiger partial charge in [0.1, 0.15) is 4.99 Å². The van der Waals surface area contributed by atoms with Crippen LogP contribution in [0, 0.1) is 6.92 Å². The molecule has 4 heteroatoms. The summed E-state index contributed by atoms with van der Waals surface area (Å²) in [6, 6.07) is 6.97. The van der Waals surface area contributed by atoms with Gasteiger partial charge in [-0.15, -0.1) is 0 Å². The first-order chi connectivity index (χ1) is 8.49. The van der Waals surface area contributed by atoms with Crippen LogP contribution in [-0.4, -0.2) is 43.1 Å². The summed E-state index contributed by atoms with van der Waals surface area (Å²) in [5, 5.41) is 0. The van der Waals surface area contributed by atoms with Crippen molar-refractivity contribution >= 4 is 22.9 Å². The molecule has 98 valence electrons. The molecule has 1 atom stereocenters. The molecule has 0 amide bonds. The molecule has 1 unspecified atom stereocenters. The summed E-state index contributed by atoms with van der Waals surface area (Å²) in [4.78, 5) is 5.16. The molecule has 1 saturated heterocycles. The summed E-state index contributed by atoms with van der Waals surface area (Å²) in [6.07, 6.45) is 1.19. The van der Waals surface area contributed by atoms with Crippen molar-refractivity contribution in [2.24, 2.45) is 5.73 Å². The molecule has 1 aromatic rings. The van der Waals surface area contributed by atoms with Gasteiger partial charge in [0.05, 0.1) is 0 Å². The van der Waals surface area contributed by atoms with E-state index in [2.05, 4.69) is 49.0 Å². The highest BCUT2D eigenvalue weighted by Crippen LogP contribution is 2.26. The molecule has 3 nitrogen and oxygen atoms in total. The Hall–Kier alpha value is -1.13. The third kappa shape index (κ3) is 2.65. The Morgan fingerprint density at radius 1 is 1.44 bits per heavy atom. The molecule has 1 aromatic carbocycles. The van der Waals surface area contributed by atoms with Crippen LogP contribution in [0.4, 0.5) is 5.69 Å². The molecular weight excluding hydrogens is 242 g/mol. The second-order valence-corrected chi connectivity index (χ2v) is 5.68. The van der Waals surface area contributed by atoms with Gasteiger partial charge in [0.2, 0.25) is 0 Å². The lowest BCUT2D eigenvalue weighted by Crippen LogP contribution is -2.32. The van der Waals surface area contributed by atoms with Gasteiger partial charge in [-0.25, -0.2) is 0 Å². The molecule has 2 N–H and O–H groups in total. The molecular formula is C14H21N3S. The maximum absolute atomic E-state index is 5.84. The molecule has 1 aliphatic rings. The van der Waals surface area contributed by atoms with Crippen LogP contribution in [-0.2, 0) is 0 Å². The number of nitrogens with two attached hydrogens (primary N) is 1. The van der Waals surface area contributed by atoms with E-state index in [1.54, 1.807) is 0 Å². The van der Waals surface area contributed by atoms with Crippen molar-refractivity contribution in [2.45, 2.75) is 19.4 Å². The average Bonchev–Trinajstić information content (AvgIpc) is 2.78. The molecule has 1 fully saturated rings. The van der Waals surface area contributed by atoms with E-state index >= 15 is 0 Å². The number of nitrogens with zero attached hydrogens (tertiary/aromatic N) is 2. The lowest BCUT2D eigenvalue weighted by molar-refractivity contribution is 0.315. The maximum Gasteiger partial charge on any atom is 0.106 e. The van der Waals surface area contributed by atoms with Crippen LogP contribution in [0.3, 0.4) is 0 Å². The summed E-state index contributed by atoms with van der Waals surface area (Å²) in [6.45, 7) is 4.19. The van der Waals surface area contributed by atoms with Gasteiger partial charge in [0.25, 0.3) is 0 Å². The fraction of sp³-hybridized carbons (Fsp3) is 0.500. The SMILES string of the molecule is Cc1ccc(N2CCC(N(C)C)C2)c(C(N)=S)c1. The number of anilines is 1. The molecule has 1 heterocycles. The standard InChI is InChI=1S/C14H21N3S/c1-10-4-5-13(12(8-10)14(15)18)17-7-6-11(9-17)16(2)3/h4-5,8,11H,6-7,9H2,1-3H3,(H2,15,18). The van der Waals surface area contributed by atoms with Crippen molar-refractivity contribution < 1.29 is 0 Å². The van der Waals surface area contributed by atoms with Gasteiger partial charge in [0, 0.05) is 30.4 Å². The minimum atomic E-state index is 0.488. The van der Waals surface area contributed by atoms with E-state index in [4.69, 9.17) is 18.0 Å². The smallest absolute Gasteiger partial charge is 0.106 e. The Labute approximate surface area is 115 Å². The summed E-state index contributed by atoms with van der Waals surface area (Å²) in [5.74, 6) is 0. The van der Waals surface area contributed by atoms with Crippen LogP contribution in [0.25, 0.3) is 0 Å². The minimum Gasteiger partial charge on any atom is -0.389 e. The predicted octanol–water partition coefficient (Wildman–Crippen LogP) is 1.77. The Morgan fingerprint density at radius 2 is 2.17 bits per heavy atom. The predicted molar refractivity (Wildman–Crippen MR) is 81.4 cm³/mol. The van der Waals surface area contributed by atoms with E-state index in [1.165, 1.54) is 17.7 Å². The Balaban J connectivity index is 2.27. The van der Waals surface area contributed by atoms with Crippen molar-refractivity contribution in [3.8, 4) is 0 Å². The van der Waals surface area contributed by atoms with E-state index in [9.17, 15) is 0 Å². The van der Waals surface area contributed by atoms with E-state index < -0.39 is 0 Å². The molecule has 0 saturated carbocycles. The Bertz CT molecular complexity index is 456. The van der Waals surface area contributed by atoms with Gasteiger partial charge >= 0.3 is 0 Å². The number of rotatable bonds is 3. The van der Waals surface area contributed by atoms with Crippen LogP contribution in [0.2, 0.25) is 0 Å². The monoisotopic (exact) mass is 263 g/mol. The number of thiocarbonyl (C=S) groups is 1. The first-order valence-electron chi connectivity index (χ1n) is 6.31. The molecule has 18 heavy (non-hydrogen) atoms. The van der Waals surface area contributed by atoms with Crippen LogP contribution >= 0.6 is 12.2 Å². The number of hydrogen-bond acceptors (Lipinski definition) is 3. The summed E-state index contributed by atoms with van der Waals surface area (Å²) < 4.78 is 0. The molecule has 2 rings (SSSR count). The van der Waals surface area contributed by atoms with Crippen molar-refractivity contribution in [2.75, 3.05) is 32.1 Å². The van der Waals surface area contributed by atoms with Gasteiger partial charge in [-0.2, -0.15) is 0 Å². The zero-order valence-corrected chi connectivity index (χ0v) is 12.1. The van der Waals surface area contributed by atoms with E-state index in [-0.39, 0.29) is 0 Å². The highest BCUT2D eigenvalue weighted by Gasteiger charge is 2.25. The number of hydrogen-bond donors (Lipinski definition) is 1. The van der Waals surface area contributed by atoms with Gasteiger partial charge in [-0.3, -0.25) is 0 Å². The minimum absolute atomic E-state index is 0.488. The fourth-order valence-electron chi connectivity index (χ4n) is 2.51. The molecule has 1 aliphatic heterocycles. The first-order valence-corrected chi connectivity index (χ1v) is 6.71. The number of likely N-dealkylation sites (N-methyl/N-ethyl adjacent to an activating group) is 1. The highest BCUT2D eigenvalue weighted by molar-refractivity contribution is 7.80. The zero-order valence-electron chi connectivity index (χ0n) is 11.3. The Kier molecular flexibility index (Phi) is 3.88. The first kappa shape index (κ1) is 13.3. The molecule has 0 aromatic heterocycles. The second kappa shape index (κ2) is 5.24. The van der Waals surface area contributed by atoms with E-state index in [0.29, 0.717) is 11.0 Å². The quantitative estimate of drug-likeness (QED) is 0.843. The van der Waals surface area contributed by atoms with Crippen molar-refractivity contribution in [3.63, 3.8) is 0 Å². The van der Waals surface area contributed by atoms with E-state index in [0.717, 1.165) is 18.7 Å². The number of aryl methyl sites for hydroxylation is 1. The van der Waals surface area contributed by atoms with E-state index in [1.807, 2.05) is 0 Å². The topological polar surface area (TPSA) is 32.5 Å². The van der Waals surface area contributed by atoms with Crippen molar-refractivity contribution in [1.29, 1.82) is 0 Å². The van der Waals surface area contributed by atoms with Crippen LogP contribution in [0.1, 0.15) is 17.5 Å². The number of benzene rings is 1. The summed E-state index contributed by atoms with van der Waals surface area (Å²) in [5.41, 5.74) is 9.22.